The zero-order chi connectivity index (χ0) is 17.3. The summed E-state index contributed by atoms with van der Waals surface area (Å²) in [5, 5.41) is 11.7. The number of esters is 1. The molecule has 0 aliphatic rings. The number of thiophene rings is 1. The summed E-state index contributed by atoms with van der Waals surface area (Å²) < 4.78 is 4.76. The van der Waals surface area contributed by atoms with Gasteiger partial charge in [-0.1, -0.05) is 53.5 Å². The summed E-state index contributed by atoms with van der Waals surface area (Å²) in [5.74, 6) is -0.713. The van der Waals surface area contributed by atoms with Gasteiger partial charge in [-0.05, 0) is 23.8 Å². The van der Waals surface area contributed by atoms with Gasteiger partial charge in [0.25, 0.3) is 0 Å². The highest BCUT2D eigenvalue weighted by Crippen LogP contribution is 2.49. The normalized spacial score (nSPS) is 10.6. The van der Waals surface area contributed by atoms with E-state index in [2.05, 4.69) is 0 Å². The number of carbonyl (C=O) groups excluding carboxylic acids is 1. The third-order valence-electron chi connectivity index (χ3n) is 3.51. The van der Waals surface area contributed by atoms with Crippen molar-refractivity contribution in [2.45, 2.75) is 0 Å². The first-order valence-corrected chi connectivity index (χ1v) is 8.55. The first-order valence-electron chi connectivity index (χ1n) is 6.98. The van der Waals surface area contributed by atoms with Crippen LogP contribution >= 0.6 is 34.5 Å². The zero-order valence-electron chi connectivity index (χ0n) is 12.5. The summed E-state index contributed by atoms with van der Waals surface area (Å²) in [6.07, 6.45) is 0. The highest BCUT2D eigenvalue weighted by molar-refractivity contribution is 7.18. The third-order valence-corrected chi connectivity index (χ3v) is 5.28. The molecular weight excluding hydrogens is 367 g/mol. The molecule has 0 saturated carbocycles. The molecule has 6 heteroatoms. The Morgan fingerprint density at radius 3 is 2.38 bits per heavy atom. The molecule has 1 heterocycles. The molecule has 0 radical (unpaired) electrons. The maximum Gasteiger partial charge on any atom is 0.351 e. The lowest BCUT2D eigenvalue weighted by Crippen LogP contribution is -1.97. The molecule has 3 nitrogen and oxygen atoms in total. The highest BCUT2D eigenvalue weighted by atomic mass is 35.5. The lowest BCUT2D eigenvalue weighted by molar-refractivity contribution is 0.0603. The fourth-order valence-corrected chi connectivity index (χ4v) is 3.96. The van der Waals surface area contributed by atoms with Gasteiger partial charge in [0.1, 0.15) is 5.75 Å². The van der Waals surface area contributed by atoms with Crippen molar-refractivity contribution < 1.29 is 14.6 Å². The van der Waals surface area contributed by atoms with Gasteiger partial charge in [0.05, 0.1) is 7.11 Å². The zero-order valence-corrected chi connectivity index (χ0v) is 14.9. The lowest BCUT2D eigenvalue weighted by atomic mass is 10.0. The van der Waals surface area contributed by atoms with Crippen LogP contribution in [0.5, 0.6) is 5.75 Å². The van der Waals surface area contributed by atoms with E-state index in [0.29, 0.717) is 20.5 Å². The Morgan fingerprint density at radius 2 is 1.75 bits per heavy atom. The summed E-state index contributed by atoms with van der Waals surface area (Å²) in [6.45, 7) is 0. The molecule has 1 N–H and O–H groups in total. The average molecular weight is 379 g/mol. The van der Waals surface area contributed by atoms with Crippen molar-refractivity contribution in [2.75, 3.05) is 7.11 Å². The monoisotopic (exact) mass is 378 g/mol. The standard InChI is InChI=1S/C18H12Cl2O3S/c1-23-18(22)17-15(21)14(10-6-8-11(19)9-7-10)16(24-17)12-4-2-3-5-13(12)20/h2-9,21H,1H3. The Labute approximate surface area is 153 Å². The highest BCUT2D eigenvalue weighted by Gasteiger charge is 2.25. The second-order valence-corrected chi connectivity index (χ2v) is 6.83. The van der Waals surface area contributed by atoms with Crippen LogP contribution in [0.25, 0.3) is 21.6 Å². The number of benzene rings is 2. The Bertz CT molecular complexity index is 901. The molecular formula is C18H12Cl2O3S. The molecule has 122 valence electrons. The second-order valence-electron chi connectivity index (χ2n) is 4.96. The smallest absolute Gasteiger partial charge is 0.351 e. The molecule has 0 saturated heterocycles. The maximum atomic E-state index is 12.0. The van der Waals surface area contributed by atoms with Crippen LogP contribution in [-0.2, 0) is 4.74 Å². The molecule has 3 rings (SSSR count). The predicted molar refractivity (Wildman–Crippen MR) is 98.2 cm³/mol. The largest absolute Gasteiger partial charge is 0.505 e. The van der Waals surface area contributed by atoms with Gasteiger partial charge in [0.15, 0.2) is 4.88 Å². The van der Waals surface area contributed by atoms with Crippen LogP contribution in [0.1, 0.15) is 9.67 Å². The number of aromatic hydroxyl groups is 1. The molecule has 0 aliphatic heterocycles. The minimum absolute atomic E-state index is 0.121. The molecule has 0 bridgehead atoms. The molecule has 0 unspecified atom stereocenters. The van der Waals surface area contributed by atoms with Crippen molar-refractivity contribution in [2.24, 2.45) is 0 Å². The first kappa shape index (κ1) is 16.8. The van der Waals surface area contributed by atoms with Gasteiger partial charge >= 0.3 is 5.97 Å². The second kappa shape index (κ2) is 6.85. The lowest BCUT2D eigenvalue weighted by Gasteiger charge is -2.07. The van der Waals surface area contributed by atoms with Crippen LogP contribution in [0, 0.1) is 0 Å². The molecule has 2 aromatic carbocycles. The number of halogens is 2. The van der Waals surface area contributed by atoms with Crippen molar-refractivity contribution in [1.29, 1.82) is 0 Å². The molecule has 0 fully saturated rings. The van der Waals surface area contributed by atoms with Crippen LogP contribution in [0.2, 0.25) is 10.0 Å². The van der Waals surface area contributed by atoms with Crippen molar-refractivity contribution >= 4 is 40.5 Å². The Morgan fingerprint density at radius 1 is 1.08 bits per heavy atom. The van der Waals surface area contributed by atoms with E-state index in [1.807, 2.05) is 18.2 Å². The molecule has 1 aromatic heterocycles. The summed E-state index contributed by atoms with van der Waals surface area (Å²) in [5.41, 5.74) is 2.00. The SMILES string of the molecule is COC(=O)c1sc(-c2ccccc2Cl)c(-c2ccc(Cl)cc2)c1O. The van der Waals surface area contributed by atoms with Crippen molar-refractivity contribution in [3.63, 3.8) is 0 Å². The number of hydrogen-bond acceptors (Lipinski definition) is 4. The van der Waals surface area contributed by atoms with Gasteiger partial charge in [-0.3, -0.25) is 0 Å². The summed E-state index contributed by atoms with van der Waals surface area (Å²) in [6, 6.07) is 14.3. The predicted octanol–water partition coefficient (Wildman–Crippen LogP) is 5.88. The van der Waals surface area contributed by atoms with Gasteiger partial charge in [-0.15, -0.1) is 11.3 Å². The Balaban J connectivity index is 2.29. The van der Waals surface area contributed by atoms with Gasteiger partial charge in [0.2, 0.25) is 0 Å². The van der Waals surface area contributed by atoms with E-state index in [1.54, 1.807) is 30.3 Å². The number of hydrogen-bond donors (Lipinski definition) is 1. The van der Waals surface area contributed by atoms with Crippen LogP contribution in [0.15, 0.2) is 48.5 Å². The molecule has 0 atom stereocenters. The van der Waals surface area contributed by atoms with Gasteiger partial charge in [0, 0.05) is 26.0 Å². The van der Waals surface area contributed by atoms with Crippen molar-refractivity contribution in [3.05, 3.63) is 63.5 Å². The van der Waals surface area contributed by atoms with Gasteiger partial charge in [-0.25, -0.2) is 4.79 Å². The quantitative estimate of drug-likeness (QED) is 0.578. The Hall–Kier alpha value is -2.01. The van der Waals surface area contributed by atoms with Crippen LogP contribution < -0.4 is 0 Å². The van der Waals surface area contributed by atoms with Crippen LogP contribution in [-0.4, -0.2) is 18.2 Å². The third kappa shape index (κ3) is 3.00. The molecule has 24 heavy (non-hydrogen) atoms. The van der Waals surface area contributed by atoms with Crippen LogP contribution in [0.3, 0.4) is 0 Å². The first-order chi connectivity index (χ1) is 11.5. The maximum absolute atomic E-state index is 12.0. The minimum Gasteiger partial charge on any atom is -0.505 e. The number of ether oxygens (including phenoxy) is 1. The van der Waals surface area contributed by atoms with Crippen molar-refractivity contribution in [1.82, 2.24) is 0 Å². The number of methoxy groups -OCH3 is 1. The van der Waals surface area contributed by atoms with Gasteiger partial charge < -0.3 is 9.84 Å². The number of carbonyl (C=O) groups is 1. The van der Waals surface area contributed by atoms with E-state index in [4.69, 9.17) is 27.9 Å². The van der Waals surface area contributed by atoms with E-state index >= 15 is 0 Å². The number of rotatable bonds is 3. The topological polar surface area (TPSA) is 46.5 Å². The van der Waals surface area contributed by atoms with Gasteiger partial charge in [-0.2, -0.15) is 0 Å². The van der Waals surface area contributed by atoms with Crippen molar-refractivity contribution in [3.8, 4) is 27.3 Å². The van der Waals surface area contributed by atoms with E-state index in [0.717, 1.165) is 22.5 Å². The summed E-state index contributed by atoms with van der Waals surface area (Å²) in [4.78, 5) is 12.8. The minimum atomic E-state index is -0.592. The fraction of sp³-hybridized carbons (Fsp3) is 0.0556. The van der Waals surface area contributed by atoms with E-state index < -0.39 is 5.97 Å². The summed E-state index contributed by atoms with van der Waals surface area (Å²) in [7, 11) is 1.28. The van der Waals surface area contributed by atoms with E-state index in [9.17, 15) is 9.90 Å². The molecule has 0 amide bonds. The fourth-order valence-electron chi connectivity index (χ4n) is 2.37. The molecule has 3 aromatic rings. The molecule has 0 spiro atoms. The van der Waals surface area contributed by atoms with E-state index in [-0.39, 0.29) is 10.6 Å². The molecule has 0 aliphatic carbocycles. The van der Waals surface area contributed by atoms with E-state index in [1.165, 1.54) is 7.11 Å². The average Bonchev–Trinajstić information content (AvgIpc) is 2.92. The Kier molecular flexibility index (Phi) is 4.81. The van der Waals surface area contributed by atoms with Crippen LogP contribution in [0.4, 0.5) is 0 Å². The summed E-state index contributed by atoms with van der Waals surface area (Å²) >= 11 is 13.4.